The number of H-pyrrole nitrogens is 1. The summed E-state index contributed by atoms with van der Waals surface area (Å²) in [5.41, 5.74) is 3.02. The van der Waals surface area contributed by atoms with Crippen LogP contribution < -0.4 is 14.8 Å². The zero-order valence-electron chi connectivity index (χ0n) is 17.8. The number of hydrogen-bond donors (Lipinski definition) is 2. The molecule has 2 N–H and O–H groups in total. The van der Waals surface area contributed by atoms with Crippen LogP contribution in [0, 0.1) is 0 Å². The van der Waals surface area contributed by atoms with E-state index in [4.69, 9.17) is 13.9 Å². The summed E-state index contributed by atoms with van der Waals surface area (Å²) in [6.07, 6.45) is 4.37. The van der Waals surface area contributed by atoms with Crippen LogP contribution >= 0.6 is 0 Å². The summed E-state index contributed by atoms with van der Waals surface area (Å²) in [4.78, 5) is 16.7. The van der Waals surface area contributed by atoms with Crippen molar-refractivity contribution in [2.75, 3.05) is 13.7 Å². The molecule has 2 aromatic heterocycles. The number of ether oxygens (including phenoxy) is 2. The van der Waals surface area contributed by atoms with Crippen LogP contribution in [0.3, 0.4) is 0 Å². The van der Waals surface area contributed by atoms with E-state index >= 15 is 0 Å². The molecule has 0 fully saturated rings. The van der Waals surface area contributed by atoms with Crippen LogP contribution in [0.25, 0.3) is 22.4 Å². The minimum Gasteiger partial charge on any atom is -0.497 e. The minimum absolute atomic E-state index is 0.0784. The van der Waals surface area contributed by atoms with Crippen LogP contribution in [-0.2, 0) is 24.2 Å². The van der Waals surface area contributed by atoms with Gasteiger partial charge in [0.25, 0.3) is 5.91 Å². The Bertz CT molecular complexity index is 1240. The highest BCUT2D eigenvalue weighted by molar-refractivity contribution is 5.84. The number of aryl methyl sites for hydroxylation is 2. The Kier molecular flexibility index (Phi) is 5.49. The summed E-state index contributed by atoms with van der Waals surface area (Å²) in [6.45, 7) is 0.157. The van der Waals surface area contributed by atoms with Crippen molar-refractivity contribution >= 4 is 16.9 Å². The average molecular weight is 432 g/mol. The summed E-state index contributed by atoms with van der Waals surface area (Å²) < 4.78 is 16.8. The summed E-state index contributed by atoms with van der Waals surface area (Å²) in [7, 11) is 1.62. The van der Waals surface area contributed by atoms with E-state index in [1.54, 1.807) is 7.11 Å². The maximum Gasteiger partial charge on any atom is 0.258 e. The Morgan fingerprint density at radius 3 is 2.78 bits per heavy atom. The number of rotatable bonds is 7. The van der Waals surface area contributed by atoms with Crippen LogP contribution in [0.2, 0.25) is 0 Å². The van der Waals surface area contributed by atoms with Crippen molar-refractivity contribution < 1.29 is 18.7 Å². The van der Waals surface area contributed by atoms with Crippen LogP contribution in [-0.4, -0.2) is 34.8 Å². The zero-order chi connectivity index (χ0) is 21.9. The fraction of sp³-hybridized carbons (Fsp3) is 0.292. The van der Waals surface area contributed by atoms with Gasteiger partial charge in [-0.15, -0.1) is 0 Å². The Hall–Kier alpha value is -3.81. The third-order valence-corrected chi connectivity index (χ3v) is 5.63. The normalized spacial score (nSPS) is 13.0. The van der Waals surface area contributed by atoms with Gasteiger partial charge in [-0.1, -0.05) is 0 Å². The van der Waals surface area contributed by atoms with E-state index in [-0.39, 0.29) is 19.1 Å². The van der Waals surface area contributed by atoms with E-state index in [9.17, 15) is 4.79 Å². The maximum atomic E-state index is 12.3. The fourth-order valence-corrected chi connectivity index (χ4v) is 3.96. The molecule has 32 heavy (non-hydrogen) atoms. The summed E-state index contributed by atoms with van der Waals surface area (Å²) in [6, 6.07) is 13.2. The molecule has 8 nitrogen and oxygen atoms in total. The molecule has 0 atom stereocenters. The first kappa shape index (κ1) is 20.1. The molecule has 0 saturated heterocycles. The molecule has 0 unspecified atom stereocenters. The molecule has 1 aliphatic rings. The molecule has 2 aromatic carbocycles. The van der Waals surface area contributed by atoms with Gasteiger partial charge in [0.1, 0.15) is 28.7 Å². The third kappa shape index (κ3) is 4.16. The monoisotopic (exact) mass is 432 g/mol. The van der Waals surface area contributed by atoms with Gasteiger partial charge >= 0.3 is 0 Å². The second-order valence-electron chi connectivity index (χ2n) is 7.77. The Morgan fingerprint density at radius 2 is 1.94 bits per heavy atom. The van der Waals surface area contributed by atoms with Gasteiger partial charge in [-0.2, -0.15) is 5.10 Å². The predicted octanol–water partition coefficient (Wildman–Crippen LogP) is 3.80. The van der Waals surface area contributed by atoms with Crippen molar-refractivity contribution in [1.29, 1.82) is 0 Å². The number of amides is 1. The fourth-order valence-electron chi connectivity index (χ4n) is 3.96. The third-order valence-electron chi connectivity index (χ3n) is 5.63. The lowest BCUT2D eigenvalue weighted by Gasteiger charge is -2.09. The van der Waals surface area contributed by atoms with Crippen molar-refractivity contribution in [2.45, 2.75) is 32.2 Å². The summed E-state index contributed by atoms with van der Waals surface area (Å²) in [5.74, 6) is 3.40. The van der Waals surface area contributed by atoms with Crippen molar-refractivity contribution in [3.05, 3.63) is 59.6 Å². The largest absolute Gasteiger partial charge is 0.497 e. The molecule has 1 amide bonds. The van der Waals surface area contributed by atoms with Gasteiger partial charge in [-0.05, 0) is 61.7 Å². The maximum absolute atomic E-state index is 12.3. The van der Waals surface area contributed by atoms with Gasteiger partial charge in [0.2, 0.25) is 0 Å². The molecule has 0 spiro atoms. The number of nitrogens with one attached hydrogen (secondary N) is 2. The number of aromatic nitrogens is 3. The van der Waals surface area contributed by atoms with Crippen molar-refractivity contribution in [1.82, 2.24) is 20.5 Å². The molecule has 8 heteroatoms. The quantitative estimate of drug-likeness (QED) is 0.461. The summed E-state index contributed by atoms with van der Waals surface area (Å²) in [5, 5.41) is 10.9. The van der Waals surface area contributed by atoms with Crippen molar-refractivity contribution in [3.63, 3.8) is 0 Å². The predicted molar refractivity (Wildman–Crippen MR) is 119 cm³/mol. The van der Waals surface area contributed by atoms with E-state index < -0.39 is 0 Å². The van der Waals surface area contributed by atoms with Crippen LogP contribution in [0.4, 0.5) is 0 Å². The Balaban J connectivity index is 1.16. The molecule has 164 valence electrons. The first-order chi connectivity index (χ1) is 15.7. The van der Waals surface area contributed by atoms with E-state index in [1.165, 1.54) is 18.4 Å². The first-order valence-electron chi connectivity index (χ1n) is 10.7. The second kappa shape index (κ2) is 8.74. The Labute approximate surface area is 184 Å². The van der Waals surface area contributed by atoms with Crippen LogP contribution in [0.1, 0.15) is 30.0 Å². The number of aromatic amines is 1. The number of benzene rings is 2. The molecule has 2 heterocycles. The number of carbonyl (C=O) groups excluding carboxylic acids is 1. The first-order valence-corrected chi connectivity index (χ1v) is 10.7. The van der Waals surface area contributed by atoms with Crippen molar-refractivity contribution in [2.24, 2.45) is 0 Å². The molecule has 0 radical (unpaired) electrons. The van der Waals surface area contributed by atoms with Gasteiger partial charge in [-0.3, -0.25) is 9.89 Å². The molecule has 5 rings (SSSR count). The lowest BCUT2D eigenvalue weighted by molar-refractivity contribution is -0.123. The van der Waals surface area contributed by atoms with Crippen molar-refractivity contribution in [3.8, 4) is 22.9 Å². The number of methoxy groups -OCH3 is 1. The van der Waals surface area contributed by atoms with Gasteiger partial charge in [0.05, 0.1) is 13.7 Å². The standard InChI is InChI=1S/C24H24N4O4/c1-30-16-8-6-15(7-9-16)24-26-22(27-28-24)13-25-23(29)14-31-17-10-11-21-19(12-17)18-4-2-3-5-20(18)32-21/h6-12H,2-5,13-14H2,1H3,(H,25,29)(H,26,27,28). The Morgan fingerprint density at radius 1 is 1.12 bits per heavy atom. The minimum atomic E-state index is -0.235. The van der Waals surface area contributed by atoms with Gasteiger partial charge in [-0.25, -0.2) is 4.98 Å². The number of fused-ring (bicyclic) bond motifs is 3. The molecular weight excluding hydrogens is 408 g/mol. The topological polar surface area (TPSA) is 102 Å². The molecule has 0 bridgehead atoms. The van der Waals surface area contributed by atoms with Crippen LogP contribution in [0.5, 0.6) is 11.5 Å². The average Bonchev–Trinajstić information content (AvgIpc) is 3.46. The number of hydrogen-bond acceptors (Lipinski definition) is 6. The van der Waals surface area contributed by atoms with E-state index in [0.29, 0.717) is 17.4 Å². The lowest BCUT2D eigenvalue weighted by atomic mass is 9.96. The highest BCUT2D eigenvalue weighted by Crippen LogP contribution is 2.33. The molecule has 4 aromatic rings. The van der Waals surface area contributed by atoms with Gasteiger partial charge in [0, 0.05) is 22.9 Å². The lowest BCUT2D eigenvalue weighted by Crippen LogP contribution is -2.28. The molecule has 0 saturated carbocycles. The van der Waals surface area contributed by atoms with E-state index in [0.717, 1.165) is 40.9 Å². The number of nitrogens with zero attached hydrogens (tertiary/aromatic N) is 2. The molecule has 1 aliphatic carbocycles. The number of furan rings is 1. The van der Waals surface area contributed by atoms with E-state index in [1.807, 2.05) is 42.5 Å². The molecular formula is C24H24N4O4. The van der Waals surface area contributed by atoms with Gasteiger partial charge < -0.3 is 19.2 Å². The highest BCUT2D eigenvalue weighted by Gasteiger charge is 2.18. The SMILES string of the molecule is COc1ccc(-c2n[nH]c(CNC(=O)COc3ccc4oc5c(c4c3)CCCC5)n2)cc1. The number of carbonyl (C=O) groups is 1. The highest BCUT2D eigenvalue weighted by atomic mass is 16.5. The second-order valence-corrected chi connectivity index (χ2v) is 7.77. The van der Waals surface area contributed by atoms with Crippen LogP contribution in [0.15, 0.2) is 46.9 Å². The molecule has 0 aliphatic heterocycles. The van der Waals surface area contributed by atoms with E-state index in [2.05, 4.69) is 20.5 Å². The van der Waals surface area contributed by atoms with Gasteiger partial charge in [0.15, 0.2) is 12.4 Å². The smallest absolute Gasteiger partial charge is 0.258 e. The zero-order valence-corrected chi connectivity index (χ0v) is 17.8. The summed E-state index contributed by atoms with van der Waals surface area (Å²) >= 11 is 0.